The highest BCUT2D eigenvalue weighted by Gasteiger charge is 2.21. The van der Waals surface area contributed by atoms with Crippen molar-refractivity contribution < 1.29 is 23.9 Å². The van der Waals surface area contributed by atoms with E-state index in [1.807, 2.05) is 30.3 Å². The molecule has 172 valence electrons. The Morgan fingerprint density at radius 1 is 1.03 bits per heavy atom. The number of hydrogen-bond donors (Lipinski definition) is 2. The van der Waals surface area contributed by atoms with Gasteiger partial charge < -0.3 is 20.5 Å². The van der Waals surface area contributed by atoms with Crippen LogP contribution in [-0.4, -0.2) is 41.3 Å². The van der Waals surface area contributed by atoms with Crippen molar-refractivity contribution in [2.24, 2.45) is 5.73 Å². The van der Waals surface area contributed by atoms with Crippen molar-refractivity contribution in [3.8, 4) is 22.7 Å². The zero-order valence-corrected chi connectivity index (χ0v) is 18.9. The van der Waals surface area contributed by atoms with E-state index in [0.717, 1.165) is 17.0 Å². The molecule has 10 heteroatoms. The van der Waals surface area contributed by atoms with Gasteiger partial charge in [0.1, 0.15) is 22.0 Å². The predicted octanol–water partition coefficient (Wildman–Crippen LogP) is 3.50. The van der Waals surface area contributed by atoms with Gasteiger partial charge in [-0.15, -0.1) is 11.3 Å². The second-order valence-electron chi connectivity index (χ2n) is 7.05. The Kier molecular flexibility index (Phi) is 6.69. The summed E-state index contributed by atoms with van der Waals surface area (Å²) in [7, 11) is 1.57. The maximum atomic E-state index is 12.9. The quantitative estimate of drug-likeness (QED) is 0.375. The van der Waals surface area contributed by atoms with E-state index in [-0.39, 0.29) is 11.1 Å². The third-order valence-corrected chi connectivity index (χ3v) is 5.67. The number of ether oxygens (including phenoxy) is 2. The molecule has 0 aliphatic heterocycles. The number of amides is 2. The fraction of sp³-hybridized carbons (Fsp3) is 0.0833. The number of para-hydroxylation sites is 1. The number of nitrogens with one attached hydrogen (secondary N) is 1. The van der Waals surface area contributed by atoms with E-state index in [0.29, 0.717) is 22.0 Å². The van der Waals surface area contributed by atoms with Crippen LogP contribution in [-0.2, 0) is 9.53 Å². The van der Waals surface area contributed by atoms with E-state index in [1.54, 1.807) is 47.6 Å². The Hall–Kier alpha value is -4.44. The first-order chi connectivity index (χ1) is 16.5. The van der Waals surface area contributed by atoms with Crippen molar-refractivity contribution in [2.75, 3.05) is 19.0 Å². The fourth-order valence-electron chi connectivity index (χ4n) is 3.17. The van der Waals surface area contributed by atoms with Crippen LogP contribution in [0.25, 0.3) is 16.9 Å². The number of carbonyl (C=O) groups excluding carboxylic acids is 3. The summed E-state index contributed by atoms with van der Waals surface area (Å²) >= 11 is 1.14. The average molecular weight is 477 g/mol. The van der Waals surface area contributed by atoms with Gasteiger partial charge in [-0.3, -0.25) is 9.59 Å². The van der Waals surface area contributed by atoms with Crippen LogP contribution in [0.15, 0.2) is 72.2 Å². The third-order valence-electron chi connectivity index (χ3n) is 4.84. The summed E-state index contributed by atoms with van der Waals surface area (Å²) in [5.41, 5.74) is 7.50. The van der Waals surface area contributed by atoms with Crippen LogP contribution in [0.2, 0.25) is 0 Å². The molecular weight excluding hydrogens is 456 g/mol. The first-order valence-electron chi connectivity index (χ1n) is 10.1. The summed E-state index contributed by atoms with van der Waals surface area (Å²) in [5, 5.41) is 9.03. The number of nitrogens with two attached hydrogens (primary N) is 1. The third kappa shape index (κ3) is 4.97. The molecule has 34 heavy (non-hydrogen) atoms. The fourth-order valence-corrected chi connectivity index (χ4v) is 3.98. The lowest BCUT2D eigenvalue weighted by molar-refractivity contribution is -0.119. The highest BCUT2D eigenvalue weighted by Crippen LogP contribution is 2.27. The van der Waals surface area contributed by atoms with Crippen LogP contribution in [0.3, 0.4) is 0 Å². The number of methoxy groups -OCH3 is 1. The lowest BCUT2D eigenvalue weighted by atomic mass is 10.1. The van der Waals surface area contributed by atoms with E-state index in [1.165, 1.54) is 6.07 Å². The molecule has 0 atom stereocenters. The first kappa shape index (κ1) is 22.7. The van der Waals surface area contributed by atoms with E-state index >= 15 is 0 Å². The van der Waals surface area contributed by atoms with E-state index in [9.17, 15) is 14.4 Å². The second kappa shape index (κ2) is 10.0. The summed E-state index contributed by atoms with van der Waals surface area (Å²) in [5.74, 6) is -1.31. The number of thiophene rings is 1. The van der Waals surface area contributed by atoms with E-state index in [2.05, 4.69) is 10.4 Å². The Morgan fingerprint density at radius 3 is 2.44 bits per heavy atom. The average Bonchev–Trinajstić information content (AvgIpc) is 3.51. The summed E-state index contributed by atoms with van der Waals surface area (Å²) in [6, 6.07) is 17.9. The SMILES string of the molecule is COc1ccc(-c2nn(-c3ccccc3)cc2C(=O)OCC(=O)Nc2sccc2C(N)=O)cc1. The van der Waals surface area contributed by atoms with E-state index in [4.69, 9.17) is 15.2 Å². The van der Waals surface area contributed by atoms with Gasteiger partial charge in [0.2, 0.25) is 0 Å². The molecular formula is C24H20N4O5S. The monoisotopic (exact) mass is 476 g/mol. The molecule has 2 aromatic heterocycles. The molecule has 0 fully saturated rings. The molecule has 0 spiro atoms. The minimum absolute atomic E-state index is 0.190. The van der Waals surface area contributed by atoms with Crippen LogP contribution in [0.1, 0.15) is 20.7 Å². The minimum atomic E-state index is -0.718. The number of anilines is 1. The number of carbonyl (C=O) groups is 3. The number of hydrogen-bond acceptors (Lipinski definition) is 7. The smallest absolute Gasteiger partial charge is 0.342 e. The van der Waals surface area contributed by atoms with Crippen molar-refractivity contribution in [2.45, 2.75) is 0 Å². The Balaban J connectivity index is 1.55. The van der Waals surface area contributed by atoms with Crippen molar-refractivity contribution >= 4 is 34.1 Å². The highest BCUT2D eigenvalue weighted by molar-refractivity contribution is 7.14. The Labute approximate surface area is 198 Å². The molecule has 2 aromatic carbocycles. The molecule has 4 aromatic rings. The normalized spacial score (nSPS) is 10.5. The molecule has 2 heterocycles. The number of aromatic nitrogens is 2. The van der Waals surface area contributed by atoms with Gasteiger partial charge >= 0.3 is 5.97 Å². The van der Waals surface area contributed by atoms with Crippen LogP contribution >= 0.6 is 11.3 Å². The molecule has 2 amide bonds. The Morgan fingerprint density at radius 2 is 1.76 bits per heavy atom. The van der Waals surface area contributed by atoms with Crippen LogP contribution in [0, 0.1) is 0 Å². The maximum Gasteiger partial charge on any atom is 0.342 e. The number of nitrogens with zero attached hydrogens (tertiary/aromatic N) is 2. The van der Waals surface area contributed by atoms with Gasteiger partial charge in [-0.2, -0.15) is 5.10 Å². The minimum Gasteiger partial charge on any atom is -0.497 e. The zero-order valence-electron chi connectivity index (χ0n) is 18.1. The van der Waals surface area contributed by atoms with Crippen LogP contribution in [0.5, 0.6) is 5.75 Å². The number of benzene rings is 2. The lowest BCUT2D eigenvalue weighted by Crippen LogP contribution is -2.22. The molecule has 4 rings (SSSR count). The molecule has 0 radical (unpaired) electrons. The molecule has 0 bridgehead atoms. The molecule has 0 aliphatic rings. The Bertz CT molecular complexity index is 1330. The van der Waals surface area contributed by atoms with Gasteiger partial charge in [-0.1, -0.05) is 18.2 Å². The standard InChI is InChI=1S/C24H20N4O5S/c1-32-17-9-7-15(8-10-17)21-19(13-28(27-21)16-5-3-2-4-6-16)24(31)33-14-20(29)26-23-18(22(25)30)11-12-34-23/h2-13H,14H2,1H3,(H2,25,30)(H,26,29). The number of rotatable bonds is 8. The molecule has 0 unspecified atom stereocenters. The van der Waals surface area contributed by atoms with Gasteiger partial charge in [0.05, 0.1) is 18.4 Å². The molecule has 3 N–H and O–H groups in total. The van der Waals surface area contributed by atoms with Crippen molar-refractivity contribution in [3.63, 3.8) is 0 Å². The maximum absolute atomic E-state index is 12.9. The first-order valence-corrected chi connectivity index (χ1v) is 11.0. The zero-order chi connectivity index (χ0) is 24.1. The van der Waals surface area contributed by atoms with Crippen LogP contribution < -0.4 is 15.8 Å². The summed E-state index contributed by atoms with van der Waals surface area (Å²) in [4.78, 5) is 36.7. The van der Waals surface area contributed by atoms with Gasteiger partial charge in [0.25, 0.3) is 11.8 Å². The predicted molar refractivity (Wildman–Crippen MR) is 127 cm³/mol. The van der Waals surface area contributed by atoms with Crippen molar-refractivity contribution in [3.05, 3.63) is 83.4 Å². The second-order valence-corrected chi connectivity index (χ2v) is 7.97. The lowest BCUT2D eigenvalue weighted by Gasteiger charge is -2.07. The number of primary amides is 1. The van der Waals surface area contributed by atoms with E-state index < -0.39 is 24.4 Å². The summed E-state index contributed by atoms with van der Waals surface area (Å²) in [6.07, 6.45) is 1.56. The largest absolute Gasteiger partial charge is 0.497 e. The van der Waals surface area contributed by atoms with Crippen molar-refractivity contribution in [1.29, 1.82) is 0 Å². The number of esters is 1. The molecule has 0 saturated heterocycles. The summed E-state index contributed by atoms with van der Waals surface area (Å²) < 4.78 is 12.0. The van der Waals surface area contributed by atoms with Crippen molar-refractivity contribution in [1.82, 2.24) is 9.78 Å². The van der Waals surface area contributed by atoms with Gasteiger partial charge in [0, 0.05) is 11.8 Å². The topological polar surface area (TPSA) is 126 Å². The molecule has 0 aliphatic carbocycles. The molecule has 0 saturated carbocycles. The highest BCUT2D eigenvalue weighted by atomic mass is 32.1. The van der Waals surface area contributed by atoms with Gasteiger partial charge in [0.15, 0.2) is 6.61 Å². The van der Waals surface area contributed by atoms with Crippen LogP contribution in [0.4, 0.5) is 5.00 Å². The molecule has 9 nitrogen and oxygen atoms in total. The van der Waals surface area contributed by atoms with Gasteiger partial charge in [-0.25, -0.2) is 9.48 Å². The van der Waals surface area contributed by atoms with Gasteiger partial charge in [-0.05, 0) is 47.8 Å². The summed E-state index contributed by atoms with van der Waals surface area (Å²) in [6.45, 7) is -0.548.